The van der Waals surface area contributed by atoms with Crippen LogP contribution in [0.15, 0.2) is 30.3 Å². The molecule has 0 fully saturated rings. The van der Waals surface area contributed by atoms with Gasteiger partial charge in [-0.3, -0.25) is 4.79 Å². The summed E-state index contributed by atoms with van der Waals surface area (Å²) in [6.45, 7) is -2.37. The first-order valence-corrected chi connectivity index (χ1v) is 8.26. The third kappa shape index (κ3) is 9.87. The van der Waals surface area contributed by atoms with Crippen molar-refractivity contribution in [2.45, 2.75) is 11.9 Å². The zero-order valence-electron chi connectivity index (χ0n) is 12.1. The highest BCUT2D eigenvalue weighted by Crippen LogP contribution is 2.13. The first-order chi connectivity index (χ1) is 10.7. The quantitative estimate of drug-likeness (QED) is 0.643. The second-order valence-electron chi connectivity index (χ2n) is 4.60. The number of rotatable bonds is 9. The Morgan fingerprint density at radius 3 is 2.39 bits per heavy atom. The van der Waals surface area contributed by atoms with Crippen LogP contribution in [0.3, 0.4) is 0 Å². The molecule has 6 nitrogen and oxygen atoms in total. The molecule has 0 saturated heterocycles. The molecule has 0 saturated carbocycles. The average molecular weight is 354 g/mol. The highest BCUT2D eigenvalue weighted by Gasteiger charge is 2.27. The highest BCUT2D eigenvalue weighted by atomic mass is 32.2. The monoisotopic (exact) mass is 354 g/mol. The molecule has 1 rings (SSSR count). The number of nitrogens with one attached hydrogen (secondary N) is 2. The van der Waals surface area contributed by atoms with Gasteiger partial charge in [0.1, 0.15) is 13.2 Å². The maximum absolute atomic E-state index is 11.8. The molecule has 1 amide bonds. The molecule has 0 radical (unpaired) electrons. The standard InChI is InChI=1S/C13H17F3N2O4S/c14-13(15,16)10-22-8-12(19)17-6-7-18-23(20,21)9-11-4-2-1-3-5-11/h1-5,18H,6-10H2,(H,17,19). The molecule has 1 aromatic rings. The lowest BCUT2D eigenvalue weighted by Gasteiger charge is -2.09. The van der Waals surface area contributed by atoms with E-state index in [-0.39, 0.29) is 18.8 Å². The summed E-state index contributed by atoms with van der Waals surface area (Å²) in [5, 5.41) is 2.25. The highest BCUT2D eigenvalue weighted by molar-refractivity contribution is 7.88. The van der Waals surface area contributed by atoms with Gasteiger partial charge in [-0.25, -0.2) is 13.1 Å². The number of amides is 1. The van der Waals surface area contributed by atoms with Gasteiger partial charge < -0.3 is 10.1 Å². The Morgan fingerprint density at radius 1 is 1.13 bits per heavy atom. The van der Waals surface area contributed by atoms with Gasteiger partial charge >= 0.3 is 6.18 Å². The van der Waals surface area contributed by atoms with Gasteiger partial charge in [-0.05, 0) is 5.56 Å². The number of ether oxygens (including phenoxy) is 1. The van der Waals surface area contributed by atoms with Crippen LogP contribution in [0.1, 0.15) is 5.56 Å². The minimum atomic E-state index is -4.49. The number of halogens is 3. The van der Waals surface area contributed by atoms with E-state index in [2.05, 4.69) is 14.8 Å². The average Bonchev–Trinajstić information content (AvgIpc) is 2.43. The van der Waals surface area contributed by atoms with Crippen LogP contribution in [0.2, 0.25) is 0 Å². The van der Waals surface area contributed by atoms with Gasteiger partial charge in [0.15, 0.2) is 0 Å². The first-order valence-electron chi connectivity index (χ1n) is 6.60. The molecule has 0 aromatic heterocycles. The molecule has 0 spiro atoms. The Bertz CT molecular complexity index is 591. The van der Waals surface area contributed by atoms with E-state index in [0.717, 1.165) is 0 Å². The van der Waals surface area contributed by atoms with Gasteiger partial charge in [0.2, 0.25) is 15.9 Å². The van der Waals surface area contributed by atoms with Crippen LogP contribution < -0.4 is 10.0 Å². The van der Waals surface area contributed by atoms with E-state index in [1.165, 1.54) is 0 Å². The van der Waals surface area contributed by atoms with Crippen molar-refractivity contribution in [2.24, 2.45) is 0 Å². The molecule has 1 aromatic carbocycles. The van der Waals surface area contributed by atoms with Crippen molar-refractivity contribution in [2.75, 3.05) is 26.3 Å². The smallest absolute Gasteiger partial charge is 0.362 e. The van der Waals surface area contributed by atoms with E-state index in [4.69, 9.17) is 0 Å². The number of hydrogen-bond acceptors (Lipinski definition) is 4. The van der Waals surface area contributed by atoms with Gasteiger partial charge in [0, 0.05) is 13.1 Å². The van der Waals surface area contributed by atoms with Crippen molar-refractivity contribution < 1.29 is 31.1 Å². The molecule has 0 bridgehead atoms. The van der Waals surface area contributed by atoms with Crippen LogP contribution in [-0.2, 0) is 25.3 Å². The fourth-order valence-corrected chi connectivity index (χ4v) is 2.71. The zero-order chi connectivity index (χ0) is 17.3. The third-order valence-electron chi connectivity index (χ3n) is 2.47. The summed E-state index contributed by atoms with van der Waals surface area (Å²) < 4.78 is 65.3. The van der Waals surface area contributed by atoms with Gasteiger partial charge in [0.05, 0.1) is 5.75 Å². The molecule has 0 aliphatic heterocycles. The van der Waals surface area contributed by atoms with Crippen molar-refractivity contribution in [3.05, 3.63) is 35.9 Å². The fraction of sp³-hybridized carbons (Fsp3) is 0.462. The molecule has 130 valence electrons. The number of benzene rings is 1. The summed E-state index contributed by atoms with van der Waals surface area (Å²) in [5.41, 5.74) is 0.615. The Morgan fingerprint density at radius 2 is 1.78 bits per heavy atom. The van der Waals surface area contributed by atoms with E-state index < -0.39 is 35.3 Å². The molecule has 10 heteroatoms. The normalized spacial score (nSPS) is 12.1. The summed E-state index contributed by atoms with van der Waals surface area (Å²) in [5.74, 6) is -0.951. The summed E-state index contributed by atoms with van der Waals surface area (Å²) in [4.78, 5) is 11.2. The molecule has 23 heavy (non-hydrogen) atoms. The van der Waals surface area contributed by atoms with Gasteiger partial charge in [-0.1, -0.05) is 30.3 Å². The van der Waals surface area contributed by atoms with Crippen molar-refractivity contribution in [3.8, 4) is 0 Å². The molecule has 2 N–H and O–H groups in total. The molecular weight excluding hydrogens is 337 g/mol. The van der Waals surface area contributed by atoms with E-state index in [9.17, 15) is 26.4 Å². The van der Waals surface area contributed by atoms with Crippen molar-refractivity contribution >= 4 is 15.9 Å². The number of hydrogen-bond donors (Lipinski definition) is 2. The zero-order valence-corrected chi connectivity index (χ0v) is 12.9. The molecule has 0 unspecified atom stereocenters. The van der Waals surface area contributed by atoms with E-state index in [0.29, 0.717) is 5.56 Å². The number of sulfonamides is 1. The Hall–Kier alpha value is -1.65. The fourth-order valence-electron chi connectivity index (χ4n) is 1.56. The minimum absolute atomic E-state index is 0.0533. The topological polar surface area (TPSA) is 84.5 Å². The summed E-state index contributed by atoms with van der Waals surface area (Å²) in [6, 6.07) is 8.52. The molecule has 0 heterocycles. The third-order valence-corrected chi connectivity index (χ3v) is 3.82. The van der Waals surface area contributed by atoms with E-state index in [1.54, 1.807) is 30.3 Å². The molecular formula is C13H17F3N2O4S. The Labute approximate surface area is 132 Å². The van der Waals surface area contributed by atoms with Crippen molar-refractivity contribution in [3.63, 3.8) is 0 Å². The lowest BCUT2D eigenvalue weighted by molar-refractivity contribution is -0.175. The minimum Gasteiger partial charge on any atom is -0.362 e. The Balaban J connectivity index is 2.19. The van der Waals surface area contributed by atoms with Crippen LogP contribution in [0.5, 0.6) is 0 Å². The van der Waals surface area contributed by atoms with Crippen molar-refractivity contribution in [1.82, 2.24) is 10.0 Å². The lowest BCUT2D eigenvalue weighted by Crippen LogP contribution is -2.37. The lowest BCUT2D eigenvalue weighted by atomic mass is 10.2. The Kier molecular flexibility index (Phi) is 7.46. The molecule has 0 aliphatic rings. The van der Waals surface area contributed by atoms with Crippen LogP contribution in [0, 0.1) is 0 Å². The van der Waals surface area contributed by atoms with Crippen LogP contribution in [0.4, 0.5) is 13.2 Å². The predicted octanol–water partition coefficient (Wildman–Crippen LogP) is 0.801. The second kappa shape index (κ2) is 8.85. The van der Waals surface area contributed by atoms with E-state index >= 15 is 0 Å². The second-order valence-corrected chi connectivity index (χ2v) is 6.40. The maximum atomic E-state index is 11.8. The van der Waals surface area contributed by atoms with Crippen LogP contribution in [0.25, 0.3) is 0 Å². The van der Waals surface area contributed by atoms with Crippen molar-refractivity contribution in [1.29, 1.82) is 0 Å². The summed E-state index contributed by atoms with van der Waals surface area (Å²) >= 11 is 0. The number of carbonyl (C=O) groups excluding carboxylic acids is 1. The predicted molar refractivity (Wildman–Crippen MR) is 77.0 cm³/mol. The summed E-state index contributed by atoms with van der Waals surface area (Å²) in [6.07, 6.45) is -4.49. The largest absolute Gasteiger partial charge is 0.411 e. The van der Waals surface area contributed by atoms with Crippen LogP contribution in [-0.4, -0.2) is 46.8 Å². The van der Waals surface area contributed by atoms with Crippen LogP contribution >= 0.6 is 0 Å². The molecule has 0 atom stereocenters. The van der Waals surface area contributed by atoms with Gasteiger partial charge in [0.25, 0.3) is 0 Å². The van der Waals surface area contributed by atoms with E-state index in [1.807, 2.05) is 0 Å². The SMILES string of the molecule is O=C(COCC(F)(F)F)NCCNS(=O)(=O)Cc1ccccc1. The summed E-state index contributed by atoms with van der Waals surface area (Å²) in [7, 11) is -3.55. The first kappa shape index (κ1) is 19.4. The maximum Gasteiger partial charge on any atom is 0.411 e. The number of alkyl halides is 3. The molecule has 0 aliphatic carbocycles. The number of carbonyl (C=O) groups is 1. The van der Waals surface area contributed by atoms with Gasteiger partial charge in [-0.2, -0.15) is 13.2 Å². The van der Waals surface area contributed by atoms with Gasteiger partial charge in [-0.15, -0.1) is 0 Å².